The van der Waals surface area contributed by atoms with Gasteiger partial charge in [0, 0.05) is 12.1 Å². The van der Waals surface area contributed by atoms with E-state index in [1.165, 1.54) is 11.1 Å². The van der Waals surface area contributed by atoms with E-state index in [1.807, 2.05) is 4.68 Å². The monoisotopic (exact) mass is 300 g/mol. The molecule has 0 aliphatic rings. The molecule has 0 fully saturated rings. The van der Waals surface area contributed by atoms with Crippen molar-refractivity contribution < 1.29 is 0 Å². The molecule has 22 heavy (non-hydrogen) atoms. The maximum absolute atomic E-state index is 4.40. The smallest absolute Gasteiger partial charge is 0.141 e. The lowest BCUT2D eigenvalue weighted by Gasteiger charge is -2.33. The van der Waals surface area contributed by atoms with E-state index in [0.717, 1.165) is 5.82 Å². The van der Waals surface area contributed by atoms with Crippen LogP contribution in [0.3, 0.4) is 0 Å². The Morgan fingerprint density at radius 2 is 1.86 bits per heavy atom. The molecule has 1 heterocycles. The summed E-state index contributed by atoms with van der Waals surface area (Å²) in [5, 5.41) is 8.00. The van der Waals surface area contributed by atoms with Crippen molar-refractivity contribution in [1.82, 2.24) is 20.1 Å². The summed E-state index contributed by atoms with van der Waals surface area (Å²) in [6.45, 7) is 13.9. The first-order chi connectivity index (χ1) is 10.3. The van der Waals surface area contributed by atoms with Crippen molar-refractivity contribution in [2.75, 3.05) is 0 Å². The highest BCUT2D eigenvalue weighted by molar-refractivity contribution is 5.30. The quantitative estimate of drug-likeness (QED) is 0.906. The fourth-order valence-electron chi connectivity index (χ4n) is 2.82. The van der Waals surface area contributed by atoms with E-state index in [9.17, 15) is 0 Å². The molecule has 2 aromatic rings. The highest BCUT2D eigenvalue weighted by atomic mass is 15.4. The van der Waals surface area contributed by atoms with Gasteiger partial charge in [-0.3, -0.25) is 0 Å². The number of aryl methyl sites for hydroxylation is 1. The van der Waals surface area contributed by atoms with Gasteiger partial charge < -0.3 is 5.32 Å². The fourth-order valence-corrected chi connectivity index (χ4v) is 2.82. The van der Waals surface area contributed by atoms with Gasteiger partial charge in [-0.15, -0.1) is 0 Å². The van der Waals surface area contributed by atoms with E-state index in [1.54, 1.807) is 6.33 Å². The maximum Gasteiger partial charge on any atom is 0.141 e. The molecule has 0 aliphatic carbocycles. The lowest BCUT2D eigenvalue weighted by atomic mass is 9.81. The second-order valence-electron chi connectivity index (χ2n) is 7.25. The molecule has 0 saturated heterocycles. The van der Waals surface area contributed by atoms with Crippen LogP contribution in [0.15, 0.2) is 30.6 Å². The molecule has 4 heteroatoms. The summed E-state index contributed by atoms with van der Waals surface area (Å²) in [6, 6.07) is 9.18. The lowest BCUT2D eigenvalue weighted by molar-refractivity contribution is 0.266. The Morgan fingerprint density at radius 3 is 2.45 bits per heavy atom. The normalized spacial score (nSPS) is 13.6. The number of hydrogen-bond donors (Lipinski definition) is 1. The molecule has 4 nitrogen and oxygen atoms in total. The lowest BCUT2D eigenvalue weighted by Crippen LogP contribution is -2.33. The minimum absolute atomic E-state index is 0.120. The van der Waals surface area contributed by atoms with Crippen LogP contribution in [0.4, 0.5) is 0 Å². The van der Waals surface area contributed by atoms with Crippen molar-refractivity contribution in [1.29, 1.82) is 0 Å². The molecule has 0 radical (unpaired) electrons. The number of benzene rings is 1. The van der Waals surface area contributed by atoms with Crippen LogP contribution in [0.25, 0.3) is 0 Å². The summed E-state index contributed by atoms with van der Waals surface area (Å²) in [5.74, 6) is 0.984. The molecule has 1 atom stereocenters. The van der Waals surface area contributed by atoms with E-state index < -0.39 is 0 Å². The van der Waals surface area contributed by atoms with Gasteiger partial charge in [-0.2, -0.15) is 5.10 Å². The zero-order valence-electron chi connectivity index (χ0n) is 14.6. The third-order valence-electron chi connectivity index (χ3n) is 3.97. The second kappa shape index (κ2) is 6.61. The molecule has 0 amide bonds. The van der Waals surface area contributed by atoms with Crippen LogP contribution in [-0.2, 0) is 6.54 Å². The maximum atomic E-state index is 4.40. The van der Waals surface area contributed by atoms with Crippen LogP contribution in [-0.4, -0.2) is 14.8 Å². The Labute approximate surface area is 134 Å². The van der Waals surface area contributed by atoms with E-state index in [2.05, 4.69) is 81.2 Å². The first-order valence-corrected chi connectivity index (χ1v) is 7.98. The third kappa shape index (κ3) is 3.74. The molecule has 0 bridgehead atoms. The molecule has 0 spiro atoms. The number of rotatable bonds is 5. The Balaban J connectivity index is 2.22. The Kier molecular flexibility index (Phi) is 5.01. The van der Waals surface area contributed by atoms with E-state index in [0.29, 0.717) is 12.6 Å². The summed E-state index contributed by atoms with van der Waals surface area (Å²) in [7, 11) is 0. The second-order valence-corrected chi connectivity index (χ2v) is 7.25. The summed E-state index contributed by atoms with van der Waals surface area (Å²) >= 11 is 0. The van der Waals surface area contributed by atoms with Gasteiger partial charge >= 0.3 is 0 Å². The molecular formula is C18H28N4. The van der Waals surface area contributed by atoms with E-state index >= 15 is 0 Å². The van der Waals surface area contributed by atoms with Crippen molar-refractivity contribution in [3.63, 3.8) is 0 Å². The molecule has 120 valence electrons. The predicted octanol–water partition coefficient (Wildman–Crippen LogP) is 4.04. The van der Waals surface area contributed by atoms with Crippen LogP contribution in [0.5, 0.6) is 0 Å². The molecular weight excluding hydrogens is 272 g/mol. The average molecular weight is 300 g/mol. The molecule has 2 rings (SSSR count). The zero-order chi connectivity index (χ0) is 16.3. The summed E-state index contributed by atoms with van der Waals surface area (Å²) in [6.07, 6.45) is 1.64. The Morgan fingerprint density at radius 1 is 1.18 bits per heavy atom. The van der Waals surface area contributed by atoms with Gasteiger partial charge in [0.25, 0.3) is 0 Å². The highest BCUT2D eigenvalue weighted by Crippen LogP contribution is 2.34. The van der Waals surface area contributed by atoms with E-state index in [4.69, 9.17) is 0 Å². The van der Waals surface area contributed by atoms with Gasteiger partial charge in [0.15, 0.2) is 0 Å². The summed E-state index contributed by atoms with van der Waals surface area (Å²) in [5.41, 5.74) is 2.79. The largest absolute Gasteiger partial charge is 0.302 e. The van der Waals surface area contributed by atoms with Crippen LogP contribution in [0.1, 0.15) is 63.7 Å². The van der Waals surface area contributed by atoms with Gasteiger partial charge in [-0.05, 0) is 37.3 Å². The predicted molar refractivity (Wildman–Crippen MR) is 90.6 cm³/mol. The minimum Gasteiger partial charge on any atom is -0.302 e. The first-order valence-electron chi connectivity index (χ1n) is 7.98. The summed E-state index contributed by atoms with van der Waals surface area (Å²) < 4.78 is 1.98. The van der Waals surface area contributed by atoms with Crippen molar-refractivity contribution in [3.8, 4) is 0 Å². The van der Waals surface area contributed by atoms with Gasteiger partial charge in [-0.25, -0.2) is 9.67 Å². The zero-order valence-corrected chi connectivity index (χ0v) is 14.6. The van der Waals surface area contributed by atoms with E-state index in [-0.39, 0.29) is 11.5 Å². The highest BCUT2D eigenvalue weighted by Gasteiger charge is 2.27. The molecule has 1 aromatic heterocycles. The topological polar surface area (TPSA) is 42.7 Å². The SMILES string of the molecule is Cc1ccccc1[C@@H](NCc1ncnn1C(C)C)C(C)(C)C. The summed E-state index contributed by atoms with van der Waals surface area (Å²) in [4.78, 5) is 4.40. The molecule has 1 aromatic carbocycles. The average Bonchev–Trinajstić information content (AvgIpc) is 2.88. The Hall–Kier alpha value is -1.68. The van der Waals surface area contributed by atoms with Crippen LogP contribution in [0.2, 0.25) is 0 Å². The Bertz CT molecular complexity index is 608. The van der Waals surface area contributed by atoms with Crippen LogP contribution >= 0.6 is 0 Å². The van der Waals surface area contributed by atoms with Crippen LogP contribution < -0.4 is 5.32 Å². The van der Waals surface area contributed by atoms with Gasteiger partial charge in [0.1, 0.15) is 12.2 Å². The molecule has 1 N–H and O–H groups in total. The third-order valence-corrected chi connectivity index (χ3v) is 3.97. The van der Waals surface area contributed by atoms with Gasteiger partial charge in [0.05, 0.1) is 6.54 Å². The van der Waals surface area contributed by atoms with Gasteiger partial charge in [-0.1, -0.05) is 45.0 Å². The van der Waals surface area contributed by atoms with Crippen molar-refractivity contribution in [2.24, 2.45) is 5.41 Å². The number of nitrogens with zero attached hydrogens (tertiary/aromatic N) is 3. The number of aromatic nitrogens is 3. The fraction of sp³-hybridized carbons (Fsp3) is 0.556. The standard InChI is InChI=1S/C18H28N4/c1-13(2)22-16(20-12-21-22)11-19-17(18(4,5)6)15-10-8-7-9-14(15)3/h7-10,12-13,17,19H,11H2,1-6H3/t17-/m1/s1. The molecule has 0 unspecified atom stereocenters. The minimum atomic E-state index is 0.120. The van der Waals surface area contributed by atoms with Crippen molar-refractivity contribution in [3.05, 3.63) is 47.5 Å². The van der Waals surface area contributed by atoms with Crippen molar-refractivity contribution >= 4 is 0 Å². The first kappa shape index (κ1) is 16.7. The number of hydrogen-bond acceptors (Lipinski definition) is 3. The molecule has 0 aliphatic heterocycles. The molecule has 0 saturated carbocycles. The van der Waals surface area contributed by atoms with Crippen LogP contribution in [0, 0.1) is 12.3 Å². The van der Waals surface area contributed by atoms with Gasteiger partial charge in [0.2, 0.25) is 0 Å². The number of nitrogens with one attached hydrogen (secondary N) is 1. The van der Waals surface area contributed by atoms with Crippen molar-refractivity contribution in [2.45, 2.75) is 60.2 Å².